The minimum absolute atomic E-state index is 0.0736. The normalized spacial score (nSPS) is 17.7. The number of ether oxygens (including phenoxy) is 1. The van der Waals surface area contributed by atoms with E-state index in [2.05, 4.69) is 23.1 Å². The fourth-order valence-corrected chi connectivity index (χ4v) is 3.56. The molecule has 6 heteroatoms. The van der Waals surface area contributed by atoms with Crippen LogP contribution >= 0.6 is 0 Å². The van der Waals surface area contributed by atoms with Crippen LogP contribution in [0.4, 0.5) is 4.39 Å². The lowest BCUT2D eigenvalue weighted by Crippen LogP contribution is -2.38. The van der Waals surface area contributed by atoms with E-state index in [1.807, 2.05) is 35.1 Å². The smallest absolute Gasteiger partial charge is 0.126 e. The molecule has 4 rings (SSSR count). The number of rotatable bonds is 6. The second kappa shape index (κ2) is 8.63. The van der Waals surface area contributed by atoms with Crippen LogP contribution in [0.1, 0.15) is 35.5 Å². The second-order valence-electron chi connectivity index (χ2n) is 7.12. The van der Waals surface area contributed by atoms with Crippen LogP contribution in [0.2, 0.25) is 0 Å². The molecule has 0 unspecified atom stereocenters. The van der Waals surface area contributed by atoms with E-state index in [0.29, 0.717) is 18.6 Å². The van der Waals surface area contributed by atoms with Gasteiger partial charge in [-0.3, -0.25) is 14.6 Å². The third-order valence-electron chi connectivity index (χ3n) is 5.06. The van der Waals surface area contributed by atoms with E-state index in [-0.39, 0.29) is 11.9 Å². The van der Waals surface area contributed by atoms with Gasteiger partial charge in [0.1, 0.15) is 11.9 Å². The first-order chi connectivity index (χ1) is 13.7. The zero-order chi connectivity index (χ0) is 19.3. The molecule has 0 spiro atoms. The van der Waals surface area contributed by atoms with Crippen LogP contribution in [0, 0.1) is 5.82 Å². The number of aromatic nitrogens is 3. The van der Waals surface area contributed by atoms with E-state index in [0.717, 1.165) is 37.6 Å². The van der Waals surface area contributed by atoms with E-state index in [1.54, 1.807) is 12.1 Å². The topological polar surface area (TPSA) is 43.2 Å². The predicted octanol–water partition coefficient (Wildman–Crippen LogP) is 3.60. The highest BCUT2D eigenvalue weighted by atomic mass is 19.1. The molecule has 0 N–H and O–H groups in total. The van der Waals surface area contributed by atoms with Gasteiger partial charge in [0, 0.05) is 50.1 Å². The van der Waals surface area contributed by atoms with Gasteiger partial charge in [0.2, 0.25) is 0 Å². The Morgan fingerprint density at radius 2 is 2.07 bits per heavy atom. The maximum absolute atomic E-state index is 14.0. The summed E-state index contributed by atoms with van der Waals surface area (Å²) < 4.78 is 21.9. The first-order valence-corrected chi connectivity index (χ1v) is 9.76. The van der Waals surface area contributed by atoms with Gasteiger partial charge in [0.15, 0.2) is 0 Å². The lowest BCUT2D eigenvalue weighted by atomic mass is 10.1. The molecule has 0 saturated carbocycles. The van der Waals surface area contributed by atoms with Crippen molar-refractivity contribution in [1.29, 1.82) is 0 Å². The Morgan fingerprint density at radius 1 is 1.18 bits per heavy atom. The van der Waals surface area contributed by atoms with Crippen LogP contribution in [0.15, 0.2) is 54.9 Å². The molecule has 5 nitrogen and oxygen atoms in total. The second-order valence-corrected chi connectivity index (χ2v) is 7.12. The summed E-state index contributed by atoms with van der Waals surface area (Å²) in [5, 5.41) is 4.35. The highest BCUT2D eigenvalue weighted by molar-refractivity contribution is 5.25. The summed E-state index contributed by atoms with van der Waals surface area (Å²) in [6.07, 6.45) is 4.43. The maximum atomic E-state index is 14.0. The summed E-state index contributed by atoms with van der Waals surface area (Å²) in [4.78, 5) is 7.13. The van der Waals surface area contributed by atoms with Crippen LogP contribution in [-0.2, 0) is 24.2 Å². The number of nitrogens with zero attached hydrogens (tertiary/aromatic N) is 4. The van der Waals surface area contributed by atoms with E-state index in [4.69, 9.17) is 9.72 Å². The van der Waals surface area contributed by atoms with Crippen LogP contribution in [0.25, 0.3) is 0 Å². The van der Waals surface area contributed by atoms with E-state index < -0.39 is 0 Å². The largest absolute Gasteiger partial charge is 0.369 e. The van der Waals surface area contributed by atoms with Gasteiger partial charge < -0.3 is 4.74 Å². The number of benzene rings is 1. The highest BCUT2D eigenvalue weighted by Gasteiger charge is 2.23. The molecule has 28 heavy (non-hydrogen) atoms. The summed E-state index contributed by atoms with van der Waals surface area (Å²) in [5.41, 5.74) is 3.63. The Kier molecular flexibility index (Phi) is 5.78. The molecule has 2 aromatic heterocycles. The van der Waals surface area contributed by atoms with E-state index in [9.17, 15) is 4.39 Å². The number of pyridine rings is 1. The molecule has 1 aliphatic heterocycles. The fraction of sp³-hybridized carbons (Fsp3) is 0.364. The quantitative estimate of drug-likeness (QED) is 0.655. The van der Waals surface area contributed by atoms with Crippen molar-refractivity contribution in [3.8, 4) is 0 Å². The molecular weight excluding hydrogens is 355 g/mol. The summed E-state index contributed by atoms with van der Waals surface area (Å²) in [6.45, 7) is 6.17. The average molecular weight is 380 g/mol. The van der Waals surface area contributed by atoms with Crippen LogP contribution in [-0.4, -0.2) is 39.4 Å². The van der Waals surface area contributed by atoms with E-state index >= 15 is 0 Å². The third-order valence-corrected chi connectivity index (χ3v) is 5.06. The highest BCUT2D eigenvalue weighted by Crippen LogP contribution is 2.23. The summed E-state index contributed by atoms with van der Waals surface area (Å²) in [6, 6.07) is 12.8. The summed E-state index contributed by atoms with van der Waals surface area (Å²) >= 11 is 0. The molecule has 0 amide bonds. The Hall–Kier alpha value is -2.57. The fourth-order valence-electron chi connectivity index (χ4n) is 3.56. The van der Waals surface area contributed by atoms with Crippen molar-refractivity contribution in [3.05, 3.63) is 83.2 Å². The van der Waals surface area contributed by atoms with E-state index in [1.165, 1.54) is 11.6 Å². The van der Waals surface area contributed by atoms with Crippen LogP contribution < -0.4 is 0 Å². The SMILES string of the molecule is CCn1cc(CN2CCO[C@H](c3cccc(Cc4ccccc4F)n3)C2)cn1. The monoisotopic (exact) mass is 380 g/mol. The molecule has 1 fully saturated rings. The Balaban J connectivity index is 1.44. The van der Waals surface area contributed by atoms with Crippen molar-refractivity contribution in [2.24, 2.45) is 0 Å². The van der Waals surface area contributed by atoms with Crippen LogP contribution in [0.5, 0.6) is 0 Å². The minimum Gasteiger partial charge on any atom is -0.369 e. The van der Waals surface area contributed by atoms with Crippen molar-refractivity contribution >= 4 is 0 Å². The van der Waals surface area contributed by atoms with Crippen molar-refractivity contribution in [2.45, 2.75) is 32.5 Å². The molecule has 0 bridgehead atoms. The number of aryl methyl sites for hydroxylation is 1. The van der Waals surface area contributed by atoms with Crippen LogP contribution in [0.3, 0.4) is 0 Å². The van der Waals surface area contributed by atoms with Gasteiger partial charge in [-0.15, -0.1) is 0 Å². The molecule has 146 valence electrons. The summed E-state index contributed by atoms with van der Waals surface area (Å²) in [7, 11) is 0. The van der Waals surface area contributed by atoms with Gasteiger partial charge in [-0.1, -0.05) is 24.3 Å². The molecule has 0 aliphatic carbocycles. The molecule has 1 aromatic carbocycles. The Bertz CT molecular complexity index is 926. The molecular formula is C22H25FN4O. The third kappa shape index (κ3) is 4.46. The number of morpholine rings is 1. The number of halogens is 1. The Labute approximate surface area is 164 Å². The number of hydrogen-bond donors (Lipinski definition) is 0. The first kappa shape index (κ1) is 18.8. The molecule has 1 atom stereocenters. The van der Waals surface area contributed by atoms with Crippen molar-refractivity contribution in [3.63, 3.8) is 0 Å². The van der Waals surface area contributed by atoms with Gasteiger partial charge in [-0.2, -0.15) is 5.10 Å². The van der Waals surface area contributed by atoms with Gasteiger partial charge >= 0.3 is 0 Å². The van der Waals surface area contributed by atoms with Crippen molar-refractivity contribution < 1.29 is 9.13 Å². The Morgan fingerprint density at radius 3 is 2.89 bits per heavy atom. The summed E-state index contributed by atoms with van der Waals surface area (Å²) in [5.74, 6) is -0.192. The molecule has 1 saturated heterocycles. The standard InChI is InChI=1S/C22H25FN4O/c1-2-27-15-17(13-24-27)14-26-10-11-28-22(16-26)21-9-5-7-19(25-21)12-18-6-3-4-8-20(18)23/h3-9,13,15,22H,2,10-12,14,16H2,1H3/t22-/m0/s1. The van der Waals surface area contributed by atoms with Crippen molar-refractivity contribution in [1.82, 2.24) is 19.7 Å². The van der Waals surface area contributed by atoms with Gasteiger partial charge in [-0.25, -0.2) is 4.39 Å². The van der Waals surface area contributed by atoms with Gasteiger partial charge in [-0.05, 0) is 30.7 Å². The first-order valence-electron chi connectivity index (χ1n) is 9.76. The molecule has 3 heterocycles. The molecule has 1 aliphatic rings. The van der Waals surface area contributed by atoms with Gasteiger partial charge in [0.25, 0.3) is 0 Å². The molecule has 3 aromatic rings. The predicted molar refractivity (Wildman–Crippen MR) is 105 cm³/mol. The lowest BCUT2D eigenvalue weighted by Gasteiger charge is -2.32. The lowest BCUT2D eigenvalue weighted by molar-refractivity contribution is -0.0350. The molecule has 0 radical (unpaired) electrons. The van der Waals surface area contributed by atoms with Gasteiger partial charge in [0.05, 0.1) is 18.5 Å². The maximum Gasteiger partial charge on any atom is 0.126 e. The number of hydrogen-bond acceptors (Lipinski definition) is 4. The average Bonchev–Trinajstić information content (AvgIpc) is 3.18. The van der Waals surface area contributed by atoms with Crippen molar-refractivity contribution in [2.75, 3.05) is 19.7 Å². The minimum atomic E-state index is -0.192. The zero-order valence-corrected chi connectivity index (χ0v) is 16.1. The zero-order valence-electron chi connectivity index (χ0n) is 16.1.